The molecule has 1 aromatic carbocycles. The van der Waals surface area contributed by atoms with Gasteiger partial charge in [0, 0.05) is 30.3 Å². The highest BCUT2D eigenvalue weighted by Gasteiger charge is 2.28. The van der Waals surface area contributed by atoms with E-state index >= 15 is 0 Å². The minimum Gasteiger partial charge on any atom is -0.461 e. The van der Waals surface area contributed by atoms with Crippen LogP contribution in [-0.4, -0.2) is 29.9 Å². The van der Waals surface area contributed by atoms with Crippen LogP contribution in [0.3, 0.4) is 0 Å². The van der Waals surface area contributed by atoms with E-state index in [1.807, 2.05) is 48.2 Å². The van der Waals surface area contributed by atoms with Crippen molar-refractivity contribution < 1.29 is 9.21 Å². The largest absolute Gasteiger partial charge is 0.461 e. The SMILES string of the molecule is Cc1ccc(-c2cccc(C(=O)N3CCC[C@H]3CN)c2)o1. The van der Waals surface area contributed by atoms with Crippen LogP contribution in [-0.2, 0) is 0 Å². The van der Waals surface area contributed by atoms with E-state index < -0.39 is 0 Å². The Morgan fingerprint density at radius 2 is 2.24 bits per heavy atom. The van der Waals surface area contributed by atoms with Gasteiger partial charge in [0.05, 0.1) is 0 Å². The molecule has 0 unspecified atom stereocenters. The maximum atomic E-state index is 12.6. The van der Waals surface area contributed by atoms with Crippen LogP contribution in [0.1, 0.15) is 29.0 Å². The molecule has 0 saturated carbocycles. The van der Waals surface area contributed by atoms with E-state index in [2.05, 4.69) is 0 Å². The van der Waals surface area contributed by atoms with E-state index in [-0.39, 0.29) is 11.9 Å². The van der Waals surface area contributed by atoms with Crippen molar-refractivity contribution in [3.8, 4) is 11.3 Å². The average Bonchev–Trinajstić information content (AvgIpc) is 3.15. The van der Waals surface area contributed by atoms with Crippen molar-refractivity contribution in [1.29, 1.82) is 0 Å². The smallest absolute Gasteiger partial charge is 0.254 e. The number of amides is 1. The maximum absolute atomic E-state index is 12.6. The fraction of sp³-hybridized carbons (Fsp3) is 0.353. The molecule has 1 fully saturated rings. The lowest BCUT2D eigenvalue weighted by Gasteiger charge is -2.23. The second-order valence-corrected chi connectivity index (χ2v) is 5.52. The normalized spacial score (nSPS) is 18.2. The summed E-state index contributed by atoms with van der Waals surface area (Å²) in [5.74, 6) is 1.72. The van der Waals surface area contributed by atoms with E-state index in [0.29, 0.717) is 12.1 Å². The molecule has 1 aliphatic rings. The van der Waals surface area contributed by atoms with Crippen LogP contribution in [0.5, 0.6) is 0 Å². The Kier molecular flexibility index (Phi) is 3.80. The molecule has 0 radical (unpaired) electrons. The summed E-state index contributed by atoms with van der Waals surface area (Å²) < 4.78 is 5.63. The van der Waals surface area contributed by atoms with Crippen molar-refractivity contribution in [2.24, 2.45) is 5.73 Å². The summed E-state index contributed by atoms with van der Waals surface area (Å²) in [6.07, 6.45) is 2.03. The van der Waals surface area contributed by atoms with Gasteiger partial charge in [-0.2, -0.15) is 0 Å². The van der Waals surface area contributed by atoms with Gasteiger partial charge in [0.1, 0.15) is 11.5 Å². The van der Waals surface area contributed by atoms with Crippen molar-refractivity contribution in [3.63, 3.8) is 0 Å². The second kappa shape index (κ2) is 5.74. The molecule has 1 saturated heterocycles. The molecule has 4 nitrogen and oxygen atoms in total. The summed E-state index contributed by atoms with van der Waals surface area (Å²) in [6, 6.07) is 11.6. The highest BCUT2D eigenvalue weighted by molar-refractivity contribution is 5.95. The number of carbonyl (C=O) groups excluding carboxylic acids is 1. The molecule has 2 N–H and O–H groups in total. The molecule has 4 heteroatoms. The minimum absolute atomic E-state index is 0.0630. The molecule has 2 aromatic rings. The molecule has 3 rings (SSSR count). The molecular formula is C17H20N2O2. The summed E-state index contributed by atoms with van der Waals surface area (Å²) in [5, 5.41) is 0. The summed E-state index contributed by atoms with van der Waals surface area (Å²) >= 11 is 0. The van der Waals surface area contributed by atoms with Gasteiger partial charge in [-0.3, -0.25) is 4.79 Å². The molecule has 0 aliphatic carbocycles. The third-order valence-corrected chi connectivity index (χ3v) is 4.04. The van der Waals surface area contributed by atoms with E-state index in [4.69, 9.17) is 10.2 Å². The number of carbonyl (C=O) groups is 1. The quantitative estimate of drug-likeness (QED) is 0.942. The molecule has 2 heterocycles. The summed E-state index contributed by atoms with van der Waals surface area (Å²) in [5.41, 5.74) is 7.38. The molecule has 1 atom stereocenters. The van der Waals surface area contributed by atoms with Crippen LogP contribution >= 0.6 is 0 Å². The number of furan rings is 1. The number of hydrogen-bond acceptors (Lipinski definition) is 3. The van der Waals surface area contributed by atoms with Crippen LogP contribution in [0.4, 0.5) is 0 Å². The number of hydrogen-bond donors (Lipinski definition) is 1. The predicted octanol–water partition coefficient (Wildman–Crippen LogP) is 2.82. The van der Waals surface area contributed by atoms with Gasteiger partial charge in [-0.1, -0.05) is 12.1 Å². The van der Waals surface area contributed by atoms with Gasteiger partial charge in [0.15, 0.2) is 0 Å². The molecule has 1 amide bonds. The van der Waals surface area contributed by atoms with Gasteiger partial charge in [0.2, 0.25) is 0 Å². The maximum Gasteiger partial charge on any atom is 0.254 e. The number of likely N-dealkylation sites (tertiary alicyclic amines) is 1. The first-order valence-electron chi connectivity index (χ1n) is 7.37. The first-order valence-corrected chi connectivity index (χ1v) is 7.37. The molecule has 110 valence electrons. The molecular weight excluding hydrogens is 264 g/mol. The van der Waals surface area contributed by atoms with Crippen molar-refractivity contribution in [2.45, 2.75) is 25.8 Å². The van der Waals surface area contributed by atoms with Gasteiger partial charge in [0.25, 0.3) is 5.91 Å². The summed E-state index contributed by atoms with van der Waals surface area (Å²) in [7, 11) is 0. The van der Waals surface area contributed by atoms with Crippen LogP contribution in [0.25, 0.3) is 11.3 Å². The van der Waals surface area contributed by atoms with Gasteiger partial charge >= 0.3 is 0 Å². The fourth-order valence-electron chi connectivity index (χ4n) is 2.91. The highest BCUT2D eigenvalue weighted by Crippen LogP contribution is 2.25. The number of aryl methyl sites for hydroxylation is 1. The van der Waals surface area contributed by atoms with Gasteiger partial charge in [-0.25, -0.2) is 0 Å². The van der Waals surface area contributed by atoms with Crippen molar-refractivity contribution in [2.75, 3.05) is 13.1 Å². The number of nitrogens with zero attached hydrogens (tertiary/aromatic N) is 1. The Balaban J connectivity index is 1.87. The summed E-state index contributed by atoms with van der Waals surface area (Å²) in [6.45, 7) is 3.24. The first kappa shape index (κ1) is 13.9. The monoisotopic (exact) mass is 284 g/mol. The topological polar surface area (TPSA) is 59.5 Å². The Hall–Kier alpha value is -2.07. The highest BCUT2D eigenvalue weighted by atomic mass is 16.3. The van der Waals surface area contributed by atoms with Crippen molar-refractivity contribution in [1.82, 2.24) is 4.90 Å². The zero-order chi connectivity index (χ0) is 14.8. The lowest BCUT2D eigenvalue weighted by molar-refractivity contribution is 0.0741. The van der Waals surface area contributed by atoms with Crippen LogP contribution in [0.15, 0.2) is 40.8 Å². The number of benzene rings is 1. The second-order valence-electron chi connectivity index (χ2n) is 5.52. The van der Waals surface area contributed by atoms with E-state index in [1.54, 1.807) is 0 Å². The third-order valence-electron chi connectivity index (χ3n) is 4.04. The Bertz CT molecular complexity index is 648. The van der Waals surface area contributed by atoms with Crippen LogP contribution < -0.4 is 5.73 Å². The molecule has 0 spiro atoms. The van der Waals surface area contributed by atoms with Gasteiger partial charge in [-0.15, -0.1) is 0 Å². The fourth-order valence-corrected chi connectivity index (χ4v) is 2.91. The summed E-state index contributed by atoms with van der Waals surface area (Å²) in [4.78, 5) is 14.5. The zero-order valence-electron chi connectivity index (χ0n) is 12.2. The van der Waals surface area contributed by atoms with Gasteiger partial charge < -0.3 is 15.1 Å². The Labute approximate surface area is 124 Å². The van der Waals surface area contributed by atoms with E-state index in [0.717, 1.165) is 36.5 Å². The molecule has 1 aromatic heterocycles. The lowest BCUT2D eigenvalue weighted by Crippen LogP contribution is -2.39. The number of nitrogens with two attached hydrogens (primary N) is 1. The van der Waals surface area contributed by atoms with Crippen LogP contribution in [0.2, 0.25) is 0 Å². The molecule has 0 bridgehead atoms. The molecule has 21 heavy (non-hydrogen) atoms. The number of rotatable bonds is 3. The third kappa shape index (κ3) is 2.72. The van der Waals surface area contributed by atoms with Gasteiger partial charge in [-0.05, 0) is 44.0 Å². The zero-order valence-corrected chi connectivity index (χ0v) is 12.2. The van der Waals surface area contributed by atoms with Crippen molar-refractivity contribution >= 4 is 5.91 Å². The first-order chi connectivity index (χ1) is 10.2. The van der Waals surface area contributed by atoms with Crippen LogP contribution in [0, 0.1) is 6.92 Å². The Morgan fingerprint density at radius 1 is 1.38 bits per heavy atom. The molecule has 1 aliphatic heterocycles. The Morgan fingerprint density at radius 3 is 2.95 bits per heavy atom. The minimum atomic E-state index is 0.0630. The van der Waals surface area contributed by atoms with Crippen molar-refractivity contribution in [3.05, 3.63) is 47.7 Å². The van der Waals surface area contributed by atoms with E-state index in [9.17, 15) is 4.79 Å². The predicted molar refractivity (Wildman–Crippen MR) is 82.0 cm³/mol. The van der Waals surface area contributed by atoms with E-state index in [1.165, 1.54) is 0 Å². The lowest BCUT2D eigenvalue weighted by atomic mass is 10.1. The average molecular weight is 284 g/mol. The standard InChI is InChI=1S/C17H20N2O2/c1-12-7-8-16(21-12)13-4-2-5-14(10-13)17(20)19-9-3-6-15(19)11-18/h2,4-5,7-8,10,15H,3,6,9,11,18H2,1H3/t15-/m0/s1.